The van der Waals surface area contributed by atoms with Crippen LogP contribution in [-0.4, -0.2) is 35.7 Å². The lowest BCUT2D eigenvalue weighted by molar-refractivity contribution is 0.205. The van der Waals surface area contributed by atoms with Crippen LogP contribution in [0.25, 0.3) is 0 Å². The number of para-hydroxylation sites is 2. The van der Waals surface area contributed by atoms with Crippen LogP contribution in [0.2, 0.25) is 0 Å². The number of rotatable bonds is 3. The Balaban J connectivity index is 1.91. The van der Waals surface area contributed by atoms with Crippen molar-refractivity contribution in [1.29, 1.82) is 0 Å². The Bertz CT molecular complexity index is 576. The van der Waals surface area contributed by atoms with Gasteiger partial charge in [-0.05, 0) is 30.7 Å². The molecule has 1 aliphatic rings. The number of carbonyl (C=O) groups is 1. The van der Waals surface area contributed by atoms with Crippen LogP contribution >= 0.6 is 0 Å². The van der Waals surface area contributed by atoms with Gasteiger partial charge in [0.2, 0.25) is 0 Å². The number of nitrogens with zero attached hydrogens (tertiary/aromatic N) is 2. The Kier molecular flexibility index (Phi) is 4.39. The first-order valence-electron chi connectivity index (χ1n) is 7.59. The first-order valence-corrected chi connectivity index (χ1v) is 7.59. The highest BCUT2D eigenvalue weighted by Gasteiger charge is 2.30. The molecule has 4 heteroatoms. The number of anilines is 2. The topological polar surface area (TPSA) is 43.8 Å². The van der Waals surface area contributed by atoms with Gasteiger partial charge < -0.3 is 10.0 Å². The second-order valence-electron chi connectivity index (χ2n) is 5.57. The third-order valence-corrected chi connectivity index (χ3v) is 4.03. The van der Waals surface area contributed by atoms with E-state index in [1.807, 2.05) is 65.6 Å². The van der Waals surface area contributed by atoms with Gasteiger partial charge in [0.1, 0.15) is 0 Å². The molecule has 0 radical (unpaired) electrons. The number of amides is 2. The van der Waals surface area contributed by atoms with E-state index in [4.69, 9.17) is 0 Å². The van der Waals surface area contributed by atoms with Crippen molar-refractivity contribution >= 4 is 17.4 Å². The number of hydrogen-bond donors (Lipinski definition) is 1. The summed E-state index contributed by atoms with van der Waals surface area (Å²) in [7, 11) is 0. The molecular weight excluding hydrogens is 276 g/mol. The fraction of sp³-hybridized carbons (Fsp3) is 0.278. The molecule has 1 heterocycles. The molecule has 0 saturated carbocycles. The van der Waals surface area contributed by atoms with E-state index in [1.165, 1.54) is 0 Å². The second-order valence-corrected chi connectivity index (χ2v) is 5.57. The Morgan fingerprint density at radius 3 is 2.05 bits per heavy atom. The molecule has 0 bridgehead atoms. The van der Waals surface area contributed by atoms with E-state index < -0.39 is 0 Å². The summed E-state index contributed by atoms with van der Waals surface area (Å²) < 4.78 is 0. The molecule has 114 valence electrons. The van der Waals surface area contributed by atoms with Crippen molar-refractivity contribution in [3.63, 3.8) is 0 Å². The summed E-state index contributed by atoms with van der Waals surface area (Å²) in [5, 5.41) is 9.29. The van der Waals surface area contributed by atoms with E-state index in [0.29, 0.717) is 13.1 Å². The van der Waals surface area contributed by atoms with Gasteiger partial charge in [-0.2, -0.15) is 0 Å². The maximum atomic E-state index is 13.0. The summed E-state index contributed by atoms with van der Waals surface area (Å²) in [6, 6.07) is 19.3. The SMILES string of the molecule is O=C(N1CC[C@H](CO)C1)N(c1ccccc1)c1ccccc1. The maximum Gasteiger partial charge on any atom is 0.329 e. The Hall–Kier alpha value is -2.33. The minimum atomic E-state index is -0.0339. The summed E-state index contributed by atoms with van der Waals surface area (Å²) in [6.45, 7) is 1.45. The largest absolute Gasteiger partial charge is 0.396 e. The molecular formula is C18H20N2O2. The number of aliphatic hydroxyl groups excluding tert-OH is 1. The van der Waals surface area contributed by atoms with E-state index in [1.54, 1.807) is 4.90 Å². The molecule has 2 aromatic carbocycles. The van der Waals surface area contributed by atoms with Crippen LogP contribution in [0.5, 0.6) is 0 Å². The van der Waals surface area contributed by atoms with Gasteiger partial charge in [-0.25, -0.2) is 4.79 Å². The molecule has 0 aromatic heterocycles. The van der Waals surface area contributed by atoms with E-state index >= 15 is 0 Å². The highest BCUT2D eigenvalue weighted by Crippen LogP contribution is 2.28. The predicted octanol–water partition coefficient (Wildman–Crippen LogP) is 3.26. The summed E-state index contributed by atoms with van der Waals surface area (Å²) >= 11 is 0. The summed E-state index contributed by atoms with van der Waals surface area (Å²) in [5.74, 6) is 0.192. The Labute approximate surface area is 130 Å². The van der Waals surface area contributed by atoms with Gasteiger partial charge >= 0.3 is 6.03 Å². The zero-order valence-corrected chi connectivity index (χ0v) is 12.4. The zero-order valence-electron chi connectivity index (χ0n) is 12.4. The van der Waals surface area contributed by atoms with E-state index in [0.717, 1.165) is 17.8 Å². The van der Waals surface area contributed by atoms with Crippen LogP contribution < -0.4 is 4.90 Å². The van der Waals surface area contributed by atoms with Crippen molar-refractivity contribution in [3.05, 3.63) is 60.7 Å². The van der Waals surface area contributed by atoms with Crippen molar-refractivity contribution in [2.45, 2.75) is 6.42 Å². The van der Waals surface area contributed by atoms with Crippen LogP contribution in [0, 0.1) is 5.92 Å². The Morgan fingerprint density at radius 2 is 1.59 bits per heavy atom. The molecule has 1 aliphatic heterocycles. The molecule has 22 heavy (non-hydrogen) atoms. The molecule has 1 N–H and O–H groups in total. The standard InChI is InChI=1S/C18H20N2O2/c21-14-15-11-12-19(13-15)18(22)20(16-7-3-1-4-8-16)17-9-5-2-6-10-17/h1-10,15,21H,11-14H2/t15-/m0/s1. The van der Waals surface area contributed by atoms with Gasteiger partial charge in [0.15, 0.2) is 0 Å². The van der Waals surface area contributed by atoms with Crippen molar-refractivity contribution in [2.75, 3.05) is 24.6 Å². The third-order valence-electron chi connectivity index (χ3n) is 4.03. The van der Waals surface area contributed by atoms with E-state index in [-0.39, 0.29) is 18.6 Å². The van der Waals surface area contributed by atoms with Crippen molar-refractivity contribution in [3.8, 4) is 0 Å². The van der Waals surface area contributed by atoms with Gasteiger partial charge in [-0.15, -0.1) is 0 Å². The number of likely N-dealkylation sites (tertiary alicyclic amines) is 1. The van der Waals surface area contributed by atoms with Crippen LogP contribution in [0.3, 0.4) is 0 Å². The van der Waals surface area contributed by atoms with Gasteiger partial charge in [0.25, 0.3) is 0 Å². The average Bonchev–Trinajstić information content (AvgIpc) is 3.06. The molecule has 0 aliphatic carbocycles. The smallest absolute Gasteiger partial charge is 0.329 e. The lowest BCUT2D eigenvalue weighted by Crippen LogP contribution is -2.39. The fourth-order valence-electron chi connectivity index (χ4n) is 2.82. The zero-order chi connectivity index (χ0) is 15.4. The summed E-state index contributed by atoms with van der Waals surface area (Å²) in [4.78, 5) is 16.5. The van der Waals surface area contributed by atoms with Crippen molar-refractivity contribution < 1.29 is 9.90 Å². The molecule has 1 atom stereocenters. The van der Waals surface area contributed by atoms with E-state index in [9.17, 15) is 9.90 Å². The quantitative estimate of drug-likeness (QED) is 0.945. The minimum absolute atomic E-state index is 0.0339. The molecule has 3 rings (SSSR count). The summed E-state index contributed by atoms with van der Waals surface area (Å²) in [5.41, 5.74) is 1.71. The lowest BCUT2D eigenvalue weighted by atomic mass is 10.1. The number of urea groups is 1. The molecule has 1 saturated heterocycles. The Morgan fingerprint density at radius 1 is 1.05 bits per heavy atom. The first-order chi connectivity index (χ1) is 10.8. The highest BCUT2D eigenvalue weighted by molar-refractivity contribution is 5.99. The van der Waals surface area contributed by atoms with Crippen LogP contribution in [0.4, 0.5) is 16.2 Å². The molecule has 2 aromatic rings. The fourth-order valence-corrected chi connectivity index (χ4v) is 2.82. The highest BCUT2D eigenvalue weighted by atomic mass is 16.3. The molecule has 4 nitrogen and oxygen atoms in total. The number of carbonyl (C=O) groups excluding carboxylic acids is 1. The second kappa shape index (κ2) is 6.62. The lowest BCUT2D eigenvalue weighted by Gasteiger charge is -2.28. The molecule has 2 amide bonds. The first kappa shape index (κ1) is 14.6. The van der Waals surface area contributed by atoms with Gasteiger partial charge in [0.05, 0.1) is 11.4 Å². The number of hydrogen-bond acceptors (Lipinski definition) is 2. The molecule has 1 fully saturated rings. The van der Waals surface area contributed by atoms with Crippen LogP contribution in [0.15, 0.2) is 60.7 Å². The van der Waals surface area contributed by atoms with Gasteiger partial charge in [-0.3, -0.25) is 4.90 Å². The monoisotopic (exact) mass is 296 g/mol. The third kappa shape index (κ3) is 2.97. The van der Waals surface area contributed by atoms with Gasteiger partial charge in [-0.1, -0.05) is 36.4 Å². The maximum absolute atomic E-state index is 13.0. The molecule has 0 spiro atoms. The normalized spacial score (nSPS) is 17.5. The number of benzene rings is 2. The van der Waals surface area contributed by atoms with Crippen LogP contribution in [0.1, 0.15) is 6.42 Å². The number of aliphatic hydroxyl groups is 1. The van der Waals surface area contributed by atoms with E-state index in [2.05, 4.69) is 0 Å². The average molecular weight is 296 g/mol. The van der Waals surface area contributed by atoms with Crippen molar-refractivity contribution in [2.24, 2.45) is 5.92 Å². The molecule has 0 unspecified atom stereocenters. The van der Waals surface area contributed by atoms with Crippen molar-refractivity contribution in [1.82, 2.24) is 4.90 Å². The minimum Gasteiger partial charge on any atom is -0.396 e. The van der Waals surface area contributed by atoms with Crippen LogP contribution in [-0.2, 0) is 0 Å². The summed E-state index contributed by atoms with van der Waals surface area (Å²) in [6.07, 6.45) is 0.861. The van der Waals surface area contributed by atoms with Gasteiger partial charge in [0, 0.05) is 25.6 Å². The predicted molar refractivity (Wildman–Crippen MR) is 87.2 cm³/mol.